The van der Waals surface area contributed by atoms with Gasteiger partial charge in [0.25, 0.3) is 0 Å². The first-order valence-electron chi connectivity index (χ1n) is 5.72. The minimum Gasteiger partial charge on any atom is -0.313 e. The van der Waals surface area contributed by atoms with Crippen LogP contribution in [0, 0.1) is 0 Å². The number of halogens is 3. The first kappa shape index (κ1) is 14.0. The van der Waals surface area contributed by atoms with Crippen molar-refractivity contribution < 1.29 is 13.2 Å². The molecule has 6 heteroatoms. The summed E-state index contributed by atoms with van der Waals surface area (Å²) in [6.07, 6.45) is -1.39. The van der Waals surface area contributed by atoms with Gasteiger partial charge in [-0.1, -0.05) is 0 Å². The number of nitrogens with zero attached hydrogens (tertiary/aromatic N) is 1. The van der Waals surface area contributed by atoms with Crippen LogP contribution in [-0.2, 0) is 12.6 Å². The summed E-state index contributed by atoms with van der Waals surface area (Å²) in [5.74, 6) is 0. The average Bonchev–Trinajstić information content (AvgIpc) is 2.88. The quantitative estimate of drug-likeness (QED) is 0.927. The summed E-state index contributed by atoms with van der Waals surface area (Å²) in [5.41, 5.74) is 0.571. The zero-order valence-electron chi connectivity index (χ0n) is 10.2. The van der Waals surface area contributed by atoms with Crippen molar-refractivity contribution in [1.29, 1.82) is 0 Å². The predicted octanol–water partition coefficient (Wildman–Crippen LogP) is 3.67. The van der Waals surface area contributed by atoms with Crippen molar-refractivity contribution in [3.05, 3.63) is 52.0 Å². The zero-order chi connectivity index (χ0) is 13.9. The number of thiophene rings is 1. The van der Waals surface area contributed by atoms with Gasteiger partial charge in [0, 0.05) is 18.4 Å². The monoisotopic (exact) mass is 286 g/mol. The van der Waals surface area contributed by atoms with Gasteiger partial charge in [-0.25, -0.2) is 0 Å². The normalized spacial score (nSPS) is 13.5. The Morgan fingerprint density at radius 1 is 1.37 bits per heavy atom. The Morgan fingerprint density at radius 2 is 2.16 bits per heavy atom. The fourth-order valence-corrected chi connectivity index (χ4v) is 2.64. The Bertz CT molecular complexity index is 523. The molecule has 1 atom stereocenters. The molecule has 0 aliphatic heterocycles. The van der Waals surface area contributed by atoms with Crippen molar-refractivity contribution >= 4 is 11.3 Å². The summed E-state index contributed by atoms with van der Waals surface area (Å²) in [6, 6.07) is 2.53. The summed E-state index contributed by atoms with van der Waals surface area (Å²) < 4.78 is 38.9. The Morgan fingerprint density at radius 3 is 2.74 bits per heavy atom. The van der Waals surface area contributed by atoms with E-state index < -0.39 is 17.8 Å². The molecule has 102 valence electrons. The number of likely N-dealkylation sites (N-methyl/N-ethyl adjacent to an activating group) is 1. The summed E-state index contributed by atoms with van der Waals surface area (Å²) in [6.45, 7) is 0. The maximum absolute atomic E-state index is 13.0. The van der Waals surface area contributed by atoms with E-state index in [-0.39, 0.29) is 5.56 Å². The lowest BCUT2D eigenvalue weighted by atomic mass is 9.97. The van der Waals surface area contributed by atoms with E-state index in [0.717, 1.165) is 11.6 Å². The van der Waals surface area contributed by atoms with Gasteiger partial charge < -0.3 is 5.32 Å². The van der Waals surface area contributed by atoms with Crippen molar-refractivity contribution in [2.45, 2.75) is 18.6 Å². The number of pyridine rings is 1. The molecule has 2 aromatic heterocycles. The molecule has 0 amide bonds. The molecule has 19 heavy (non-hydrogen) atoms. The van der Waals surface area contributed by atoms with Gasteiger partial charge in [0.1, 0.15) is 0 Å². The third-order valence-electron chi connectivity index (χ3n) is 2.90. The molecule has 0 saturated carbocycles. The highest BCUT2D eigenvalue weighted by Gasteiger charge is 2.35. The largest absolute Gasteiger partial charge is 0.416 e. The van der Waals surface area contributed by atoms with Crippen molar-refractivity contribution in [3.8, 4) is 0 Å². The lowest BCUT2D eigenvalue weighted by molar-refractivity contribution is -0.138. The molecule has 2 rings (SSSR count). The second-order valence-electron chi connectivity index (χ2n) is 4.14. The molecule has 2 aromatic rings. The number of hydrogen-bond acceptors (Lipinski definition) is 3. The summed E-state index contributed by atoms with van der Waals surface area (Å²) in [5, 5.41) is 6.78. The first-order chi connectivity index (χ1) is 9.02. The zero-order valence-corrected chi connectivity index (χ0v) is 11.1. The number of rotatable bonds is 4. The molecule has 0 spiro atoms. The van der Waals surface area contributed by atoms with Crippen LogP contribution in [-0.4, -0.2) is 12.0 Å². The Kier molecular flexibility index (Phi) is 4.21. The summed E-state index contributed by atoms with van der Waals surface area (Å²) in [7, 11) is 1.66. The predicted molar refractivity (Wildman–Crippen MR) is 69.1 cm³/mol. The second-order valence-corrected chi connectivity index (χ2v) is 4.92. The molecule has 0 radical (unpaired) electrons. The van der Waals surface area contributed by atoms with Gasteiger partial charge >= 0.3 is 6.18 Å². The van der Waals surface area contributed by atoms with E-state index in [1.165, 1.54) is 23.7 Å². The molecule has 0 aliphatic rings. The Balaban J connectivity index is 2.33. The summed E-state index contributed by atoms with van der Waals surface area (Å²) >= 11 is 1.53. The minimum atomic E-state index is -4.36. The smallest absolute Gasteiger partial charge is 0.313 e. The first-order valence-corrected chi connectivity index (χ1v) is 6.66. The van der Waals surface area contributed by atoms with E-state index in [1.54, 1.807) is 7.05 Å². The fraction of sp³-hybridized carbons (Fsp3) is 0.308. The van der Waals surface area contributed by atoms with E-state index in [2.05, 4.69) is 10.3 Å². The van der Waals surface area contributed by atoms with Crippen LogP contribution in [0.25, 0.3) is 0 Å². The van der Waals surface area contributed by atoms with Crippen molar-refractivity contribution in [1.82, 2.24) is 10.3 Å². The van der Waals surface area contributed by atoms with Crippen molar-refractivity contribution in [2.75, 3.05) is 7.05 Å². The van der Waals surface area contributed by atoms with Crippen LogP contribution in [0.1, 0.15) is 22.7 Å². The van der Waals surface area contributed by atoms with Crippen LogP contribution in [0.5, 0.6) is 0 Å². The van der Waals surface area contributed by atoms with Gasteiger partial charge in [-0.2, -0.15) is 24.5 Å². The fourth-order valence-electron chi connectivity index (χ4n) is 1.95. The van der Waals surface area contributed by atoms with Crippen LogP contribution in [0.3, 0.4) is 0 Å². The molecule has 0 fully saturated rings. The summed E-state index contributed by atoms with van der Waals surface area (Å²) in [4.78, 5) is 3.82. The Hall–Kier alpha value is -1.40. The molecule has 0 aliphatic carbocycles. The molecular weight excluding hydrogens is 273 g/mol. The van der Waals surface area contributed by atoms with Gasteiger partial charge in [-0.05, 0) is 47.5 Å². The highest BCUT2D eigenvalue weighted by Crippen LogP contribution is 2.34. The lowest BCUT2D eigenvalue weighted by Crippen LogP contribution is -2.23. The number of hydrogen-bond donors (Lipinski definition) is 1. The standard InChI is InChI=1S/C13H13F3N2S/c1-17-12(6-9-3-5-19-8-9)10-7-18-4-2-11(10)13(14,15)16/h2-5,7-8,12,17H,6H2,1H3. The molecule has 2 heterocycles. The van der Waals surface area contributed by atoms with Crippen LogP contribution >= 0.6 is 11.3 Å². The van der Waals surface area contributed by atoms with Crippen LogP contribution in [0.4, 0.5) is 13.2 Å². The molecule has 0 aromatic carbocycles. The Labute approximate surface area is 113 Å². The molecular formula is C13H13F3N2S. The van der Waals surface area contributed by atoms with Gasteiger partial charge in [0.05, 0.1) is 5.56 Å². The number of aromatic nitrogens is 1. The van der Waals surface area contributed by atoms with Crippen molar-refractivity contribution in [2.24, 2.45) is 0 Å². The van der Waals surface area contributed by atoms with Crippen LogP contribution in [0.15, 0.2) is 35.3 Å². The van der Waals surface area contributed by atoms with Crippen molar-refractivity contribution in [3.63, 3.8) is 0 Å². The number of nitrogens with one attached hydrogen (secondary N) is 1. The second kappa shape index (κ2) is 5.71. The molecule has 1 unspecified atom stereocenters. The minimum absolute atomic E-state index is 0.184. The third-order valence-corrected chi connectivity index (χ3v) is 3.63. The van der Waals surface area contributed by atoms with E-state index >= 15 is 0 Å². The SMILES string of the molecule is CNC(Cc1ccsc1)c1cnccc1C(F)(F)F. The maximum atomic E-state index is 13.0. The van der Waals surface area contributed by atoms with E-state index in [4.69, 9.17) is 0 Å². The highest BCUT2D eigenvalue weighted by atomic mass is 32.1. The third kappa shape index (κ3) is 3.33. The van der Waals surface area contributed by atoms with E-state index in [9.17, 15) is 13.2 Å². The molecule has 0 saturated heterocycles. The van der Waals surface area contributed by atoms with Crippen LogP contribution in [0.2, 0.25) is 0 Å². The van der Waals surface area contributed by atoms with Gasteiger partial charge in [0.15, 0.2) is 0 Å². The number of alkyl halides is 3. The molecule has 1 N–H and O–H groups in total. The van der Waals surface area contributed by atoms with E-state index in [0.29, 0.717) is 6.42 Å². The topological polar surface area (TPSA) is 24.9 Å². The lowest BCUT2D eigenvalue weighted by Gasteiger charge is -2.20. The average molecular weight is 286 g/mol. The maximum Gasteiger partial charge on any atom is 0.416 e. The van der Waals surface area contributed by atoms with E-state index in [1.807, 2.05) is 16.8 Å². The van der Waals surface area contributed by atoms with Gasteiger partial charge in [-0.15, -0.1) is 0 Å². The van der Waals surface area contributed by atoms with Gasteiger partial charge in [0.2, 0.25) is 0 Å². The molecule has 0 bridgehead atoms. The highest BCUT2D eigenvalue weighted by molar-refractivity contribution is 7.07. The van der Waals surface area contributed by atoms with Crippen LogP contribution < -0.4 is 5.32 Å². The van der Waals surface area contributed by atoms with Gasteiger partial charge in [-0.3, -0.25) is 4.98 Å². The molecule has 2 nitrogen and oxygen atoms in total.